The van der Waals surface area contributed by atoms with Gasteiger partial charge >= 0.3 is 0 Å². The Balaban J connectivity index is 1.94. The van der Waals surface area contributed by atoms with E-state index in [0.717, 1.165) is 19.4 Å². The molecule has 82 valence electrons. The second-order valence-corrected chi connectivity index (χ2v) is 3.63. The van der Waals surface area contributed by atoms with Crippen molar-refractivity contribution >= 4 is 5.69 Å². The van der Waals surface area contributed by atoms with E-state index in [0.29, 0.717) is 18.0 Å². The second-order valence-electron chi connectivity index (χ2n) is 3.63. The molecule has 0 saturated carbocycles. The van der Waals surface area contributed by atoms with E-state index in [4.69, 9.17) is 15.2 Å². The summed E-state index contributed by atoms with van der Waals surface area (Å²) in [6.07, 6.45) is 2.18. The maximum Gasteiger partial charge on any atom is 0.145 e. The summed E-state index contributed by atoms with van der Waals surface area (Å²) < 4.78 is 23.7. The Bertz CT molecular complexity index is 337. The molecular weight excluding hydrogens is 197 g/mol. The second kappa shape index (κ2) is 4.49. The molecule has 1 saturated heterocycles. The van der Waals surface area contributed by atoms with Gasteiger partial charge in [0, 0.05) is 12.7 Å². The standard InChI is InChI=1S/C11H14FNO2/c12-8-3-4-10(13)11(6-8)15-7-9-2-1-5-14-9/h3-4,6,9H,1-2,5,7,13H2. The molecule has 1 aliphatic rings. The third-order valence-corrected chi connectivity index (χ3v) is 2.42. The minimum Gasteiger partial charge on any atom is -0.489 e. The summed E-state index contributed by atoms with van der Waals surface area (Å²) in [6, 6.07) is 4.11. The van der Waals surface area contributed by atoms with Crippen molar-refractivity contribution < 1.29 is 13.9 Å². The number of rotatable bonds is 3. The normalized spacial score (nSPS) is 20.5. The fourth-order valence-electron chi connectivity index (χ4n) is 1.59. The molecule has 1 fully saturated rings. The molecule has 0 bridgehead atoms. The van der Waals surface area contributed by atoms with Crippen LogP contribution in [0.25, 0.3) is 0 Å². The molecule has 0 aliphatic carbocycles. The van der Waals surface area contributed by atoms with Crippen molar-refractivity contribution in [2.24, 2.45) is 0 Å². The first-order valence-corrected chi connectivity index (χ1v) is 5.05. The third-order valence-electron chi connectivity index (χ3n) is 2.42. The Morgan fingerprint density at radius 1 is 1.53 bits per heavy atom. The summed E-state index contributed by atoms with van der Waals surface area (Å²) in [5, 5.41) is 0. The van der Waals surface area contributed by atoms with Crippen molar-refractivity contribution in [3.8, 4) is 5.75 Å². The number of hydrogen-bond donors (Lipinski definition) is 1. The van der Waals surface area contributed by atoms with Gasteiger partial charge in [-0.05, 0) is 25.0 Å². The predicted octanol–water partition coefficient (Wildman–Crippen LogP) is 1.97. The molecule has 1 atom stereocenters. The van der Waals surface area contributed by atoms with Gasteiger partial charge in [-0.25, -0.2) is 4.39 Å². The summed E-state index contributed by atoms with van der Waals surface area (Å²) >= 11 is 0. The SMILES string of the molecule is Nc1ccc(F)cc1OCC1CCCO1. The van der Waals surface area contributed by atoms with Crippen LogP contribution < -0.4 is 10.5 Å². The highest BCUT2D eigenvalue weighted by atomic mass is 19.1. The van der Waals surface area contributed by atoms with E-state index in [1.54, 1.807) is 0 Å². The third kappa shape index (κ3) is 2.59. The van der Waals surface area contributed by atoms with Gasteiger partial charge in [-0.2, -0.15) is 0 Å². The van der Waals surface area contributed by atoms with Crippen LogP contribution in [0.15, 0.2) is 18.2 Å². The van der Waals surface area contributed by atoms with Crippen molar-refractivity contribution in [3.05, 3.63) is 24.0 Å². The maximum absolute atomic E-state index is 12.9. The van der Waals surface area contributed by atoms with Crippen LogP contribution >= 0.6 is 0 Å². The van der Waals surface area contributed by atoms with Crippen LogP contribution in [-0.2, 0) is 4.74 Å². The van der Waals surface area contributed by atoms with Crippen molar-refractivity contribution in [2.75, 3.05) is 18.9 Å². The lowest BCUT2D eigenvalue weighted by molar-refractivity contribution is 0.0681. The van der Waals surface area contributed by atoms with Crippen LogP contribution in [0.5, 0.6) is 5.75 Å². The Kier molecular flexibility index (Phi) is 3.06. The number of anilines is 1. The van der Waals surface area contributed by atoms with E-state index in [1.165, 1.54) is 18.2 Å². The molecule has 1 aromatic carbocycles. The molecule has 1 heterocycles. The van der Waals surface area contributed by atoms with E-state index in [1.807, 2.05) is 0 Å². The van der Waals surface area contributed by atoms with Crippen molar-refractivity contribution in [2.45, 2.75) is 18.9 Å². The smallest absolute Gasteiger partial charge is 0.145 e. The van der Waals surface area contributed by atoms with E-state index >= 15 is 0 Å². The number of nitrogens with two attached hydrogens (primary N) is 1. The quantitative estimate of drug-likeness (QED) is 0.777. The predicted molar refractivity (Wildman–Crippen MR) is 55.3 cm³/mol. The van der Waals surface area contributed by atoms with Crippen LogP contribution in [0.4, 0.5) is 10.1 Å². The molecule has 15 heavy (non-hydrogen) atoms. The Hall–Kier alpha value is -1.29. The molecule has 0 radical (unpaired) electrons. The Labute approximate surface area is 88.0 Å². The van der Waals surface area contributed by atoms with Gasteiger partial charge < -0.3 is 15.2 Å². The van der Waals surface area contributed by atoms with E-state index in [-0.39, 0.29) is 11.9 Å². The fourth-order valence-corrected chi connectivity index (χ4v) is 1.59. The molecule has 0 aromatic heterocycles. The van der Waals surface area contributed by atoms with Gasteiger partial charge in [0.2, 0.25) is 0 Å². The number of ether oxygens (including phenoxy) is 2. The van der Waals surface area contributed by atoms with Crippen molar-refractivity contribution in [1.29, 1.82) is 0 Å². The Morgan fingerprint density at radius 2 is 2.40 bits per heavy atom. The van der Waals surface area contributed by atoms with Gasteiger partial charge in [-0.1, -0.05) is 0 Å². The summed E-state index contributed by atoms with van der Waals surface area (Å²) in [4.78, 5) is 0. The summed E-state index contributed by atoms with van der Waals surface area (Å²) in [5.74, 6) is 0.0528. The fraction of sp³-hybridized carbons (Fsp3) is 0.455. The van der Waals surface area contributed by atoms with Crippen LogP contribution in [0, 0.1) is 5.82 Å². The van der Waals surface area contributed by atoms with Gasteiger partial charge in [0.1, 0.15) is 18.2 Å². The zero-order valence-electron chi connectivity index (χ0n) is 8.41. The van der Waals surface area contributed by atoms with Gasteiger partial charge in [0.25, 0.3) is 0 Å². The zero-order chi connectivity index (χ0) is 10.7. The minimum absolute atomic E-state index is 0.118. The molecule has 4 heteroatoms. The van der Waals surface area contributed by atoms with Crippen LogP contribution in [0.2, 0.25) is 0 Å². The lowest BCUT2D eigenvalue weighted by Crippen LogP contribution is -2.16. The average molecular weight is 211 g/mol. The maximum atomic E-state index is 12.9. The highest BCUT2D eigenvalue weighted by Gasteiger charge is 2.16. The molecule has 2 rings (SSSR count). The van der Waals surface area contributed by atoms with E-state index in [9.17, 15) is 4.39 Å². The number of benzene rings is 1. The molecule has 3 nitrogen and oxygen atoms in total. The molecule has 1 aliphatic heterocycles. The lowest BCUT2D eigenvalue weighted by atomic mass is 10.2. The number of halogens is 1. The molecule has 0 amide bonds. The molecule has 0 spiro atoms. The molecular formula is C11H14FNO2. The van der Waals surface area contributed by atoms with Crippen LogP contribution in [0.1, 0.15) is 12.8 Å². The molecule has 1 unspecified atom stereocenters. The van der Waals surface area contributed by atoms with E-state index < -0.39 is 0 Å². The number of nitrogen functional groups attached to an aromatic ring is 1. The van der Waals surface area contributed by atoms with Crippen LogP contribution in [0.3, 0.4) is 0 Å². The monoisotopic (exact) mass is 211 g/mol. The summed E-state index contributed by atoms with van der Waals surface area (Å²) in [7, 11) is 0. The van der Waals surface area contributed by atoms with E-state index in [2.05, 4.69) is 0 Å². The highest BCUT2D eigenvalue weighted by molar-refractivity contribution is 5.52. The average Bonchev–Trinajstić information content (AvgIpc) is 2.72. The first-order valence-electron chi connectivity index (χ1n) is 5.05. The first kappa shape index (κ1) is 10.2. The first-order chi connectivity index (χ1) is 7.25. The van der Waals surface area contributed by atoms with Crippen molar-refractivity contribution in [1.82, 2.24) is 0 Å². The largest absolute Gasteiger partial charge is 0.489 e. The minimum atomic E-state index is -0.341. The van der Waals surface area contributed by atoms with Gasteiger partial charge in [0.15, 0.2) is 0 Å². The molecule has 1 aromatic rings. The summed E-state index contributed by atoms with van der Waals surface area (Å²) in [6.45, 7) is 1.22. The Morgan fingerprint density at radius 3 is 3.13 bits per heavy atom. The topological polar surface area (TPSA) is 44.5 Å². The number of hydrogen-bond acceptors (Lipinski definition) is 3. The summed E-state index contributed by atoms with van der Waals surface area (Å²) in [5.41, 5.74) is 6.09. The van der Waals surface area contributed by atoms with Crippen molar-refractivity contribution in [3.63, 3.8) is 0 Å². The highest BCUT2D eigenvalue weighted by Crippen LogP contribution is 2.23. The van der Waals surface area contributed by atoms with Gasteiger partial charge in [-0.3, -0.25) is 0 Å². The lowest BCUT2D eigenvalue weighted by Gasteiger charge is -2.12. The van der Waals surface area contributed by atoms with Gasteiger partial charge in [0.05, 0.1) is 11.8 Å². The van der Waals surface area contributed by atoms with Gasteiger partial charge in [-0.15, -0.1) is 0 Å². The van der Waals surface area contributed by atoms with Crippen LogP contribution in [-0.4, -0.2) is 19.3 Å². The zero-order valence-corrected chi connectivity index (χ0v) is 8.41. The molecule has 2 N–H and O–H groups in total.